The third kappa shape index (κ3) is 1.75. The van der Waals surface area contributed by atoms with Crippen molar-refractivity contribution in [1.29, 1.82) is 0 Å². The highest BCUT2D eigenvalue weighted by Crippen LogP contribution is 2.29. The third-order valence-corrected chi connectivity index (χ3v) is 3.59. The molecule has 0 bridgehead atoms. The lowest BCUT2D eigenvalue weighted by atomic mass is 9.86. The molecule has 2 N–H and O–H groups in total. The van der Waals surface area contributed by atoms with Crippen LogP contribution in [0.1, 0.15) is 25.3 Å². The number of nitrogens with two attached hydrogens (primary N) is 1. The van der Waals surface area contributed by atoms with Crippen molar-refractivity contribution in [3.05, 3.63) is 24.0 Å². The van der Waals surface area contributed by atoms with Gasteiger partial charge >= 0.3 is 0 Å². The first-order chi connectivity index (χ1) is 8.61. The third-order valence-electron chi connectivity index (χ3n) is 3.59. The summed E-state index contributed by atoms with van der Waals surface area (Å²) in [6.07, 6.45) is 3.81. The molecule has 3 heterocycles. The molecule has 2 aromatic heterocycles. The summed E-state index contributed by atoms with van der Waals surface area (Å²) in [6, 6.07) is 4.19. The lowest BCUT2D eigenvalue weighted by Crippen LogP contribution is -2.67. The Morgan fingerprint density at radius 1 is 1.39 bits per heavy atom. The Morgan fingerprint density at radius 2 is 2.17 bits per heavy atom. The van der Waals surface area contributed by atoms with Gasteiger partial charge in [0.2, 0.25) is 0 Å². The number of aryl methyl sites for hydroxylation is 1. The molecule has 1 fully saturated rings. The highest BCUT2D eigenvalue weighted by atomic mass is 15.4. The van der Waals surface area contributed by atoms with E-state index in [1.54, 1.807) is 6.33 Å². The van der Waals surface area contributed by atoms with Crippen molar-refractivity contribution >= 4 is 11.5 Å². The largest absolute Gasteiger partial charge is 0.353 e. The fourth-order valence-electron chi connectivity index (χ4n) is 2.79. The van der Waals surface area contributed by atoms with Crippen LogP contribution in [0.5, 0.6) is 0 Å². The molecule has 0 aromatic carbocycles. The zero-order chi connectivity index (χ0) is 12.8. The van der Waals surface area contributed by atoms with Crippen LogP contribution in [0.25, 0.3) is 5.65 Å². The van der Waals surface area contributed by atoms with Crippen LogP contribution in [-0.4, -0.2) is 33.2 Å². The van der Waals surface area contributed by atoms with Gasteiger partial charge < -0.3 is 10.6 Å². The van der Waals surface area contributed by atoms with E-state index < -0.39 is 0 Å². The molecule has 0 spiro atoms. The molecule has 0 atom stereocenters. The van der Waals surface area contributed by atoms with Crippen LogP contribution in [0.4, 0.5) is 5.82 Å². The van der Waals surface area contributed by atoms with Crippen molar-refractivity contribution in [2.75, 3.05) is 18.0 Å². The lowest BCUT2D eigenvalue weighted by molar-refractivity contribution is 0.304. The highest BCUT2D eigenvalue weighted by Gasteiger charge is 2.39. The Labute approximate surface area is 107 Å². The summed E-state index contributed by atoms with van der Waals surface area (Å²) in [4.78, 5) is 6.53. The van der Waals surface area contributed by atoms with E-state index >= 15 is 0 Å². The minimum Gasteiger partial charge on any atom is -0.353 e. The van der Waals surface area contributed by atoms with Gasteiger partial charge in [0, 0.05) is 13.1 Å². The van der Waals surface area contributed by atoms with Gasteiger partial charge in [-0.05, 0) is 31.0 Å². The maximum Gasteiger partial charge on any atom is 0.157 e. The molecule has 0 unspecified atom stereocenters. The fourth-order valence-corrected chi connectivity index (χ4v) is 2.79. The van der Waals surface area contributed by atoms with Crippen LogP contribution >= 0.6 is 0 Å². The van der Waals surface area contributed by atoms with Crippen LogP contribution in [0.2, 0.25) is 0 Å². The maximum atomic E-state index is 6.31. The van der Waals surface area contributed by atoms with Crippen molar-refractivity contribution in [2.24, 2.45) is 5.73 Å². The molecule has 3 rings (SSSR count). The van der Waals surface area contributed by atoms with E-state index in [9.17, 15) is 0 Å². The Morgan fingerprint density at radius 3 is 2.89 bits per heavy atom. The molecule has 1 aliphatic heterocycles. The molecule has 18 heavy (non-hydrogen) atoms. The average Bonchev–Trinajstić information content (AvgIpc) is 2.72. The van der Waals surface area contributed by atoms with E-state index in [0.717, 1.165) is 37.4 Å². The van der Waals surface area contributed by atoms with Gasteiger partial charge in [-0.3, -0.25) is 0 Å². The summed E-state index contributed by atoms with van der Waals surface area (Å²) in [5, 5.41) is 4.28. The van der Waals surface area contributed by atoms with Crippen molar-refractivity contribution < 1.29 is 0 Å². The van der Waals surface area contributed by atoms with Gasteiger partial charge in [0.05, 0.1) is 5.54 Å². The SMILES string of the molecule is CCCC1(N)CN(c2cc(C)cc3ncnn23)C1. The second-order valence-corrected chi connectivity index (χ2v) is 5.39. The predicted octanol–water partition coefficient (Wildman–Crippen LogP) is 1.36. The number of hydrogen-bond acceptors (Lipinski definition) is 4. The van der Waals surface area contributed by atoms with E-state index in [1.165, 1.54) is 5.56 Å². The summed E-state index contributed by atoms with van der Waals surface area (Å²) in [5.74, 6) is 1.10. The summed E-state index contributed by atoms with van der Waals surface area (Å²) >= 11 is 0. The molecule has 1 saturated heterocycles. The molecule has 5 heteroatoms. The van der Waals surface area contributed by atoms with Crippen LogP contribution in [0.15, 0.2) is 18.5 Å². The highest BCUT2D eigenvalue weighted by molar-refractivity contribution is 5.55. The smallest absolute Gasteiger partial charge is 0.157 e. The van der Waals surface area contributed by atoms with E-state index in [4.69, 9.17) is 5.73 Å². The van der Waals surface area contributed by atoms with E-state index in [1.807, 2.05) is 10.6 Å². The molecule has 0 saturated carbocycles. The topological polar surface area (TPSA) is 59.5 Å². The van der Waals surface area contributed by atoms with Gasteiger partial charge in [0.15, 0.2) is 5.65 Å². The summed E-state index contributed by atoms with van der Waals surface area (Å²) in [5.41, 5.74) is 8.39. The average molecular weight is 245 g/mol. The van der Waals surface area contributed by atoms with Crippen LogP contribution in [-0.2, 0) is 0 Å². The monoisotopic (exact) mass is 245 g/mol. The van der Waals surface area contributed by atoms with E-state index in [2.05, 4.69) is 34.9 Å². The first-order valence-electron chi connectivity index (χ1n) is 6.45. The molecule has 5 nitrogen and oxygen atoms in total. The molecular formula is C13H19N5. The first-order valence-corrected chi connectivity index (χ1v) is 6.45. The van der Waals surface area contributed by atoms with Gasteiger partial charge in [-0.25, -0.2) is 4.98 Å². The summed E-state index contributed by atoms with van der Waals surface area (Å²) < 4.78 is 1.89. The number of rotatable bonds is 3. The van der Waals surface area contributed by atoms with Crippen molar-refractivity contribution in [1.82, 2.24) is 14.6 Å². The molecule has 0 aliphatic carbocycles. The van der Waals surface area contributed by atoms with Crippen molar-refractivity contribution in [3.63, 3.8) is 0 Å². The molecule has 2 aromatic rings. The standard InChI is InChI=1S/C13H19N5/c1-3-4-13(14)7-17(8-13)12-6-10(2)5-11-15-9-16-18(11)12/h5-6,9H,3-4,7-8,14H2,1-2H3. The number of pyridine rings is 1. The quantitative estimate of drug-likeness (QED) is 0.887. The van der Waals surface area contributed by atoms with E-state index in [-0.39, 0.29) is 5.54 Å². The molecule has 1 aliphatic rings. The van der Waals surface area contributed by atoms with Crippen molar-refractivity contribution in [2.45, 2.75) is 32.2 Å². The van der Waals surface area contributed by atoms with Gasteiger partial charge in [-0.1, -0.05) is 13.3 Å². The summed E-state index contributed by atoms with van der Waals surface area (Å²) in [6.45, 7) is 6.07. The van der Waals surface area contributed by atoms with Gasteiger partial charge in [-0.2, -0.15) is 9.61 Å². The Balaban J connectivity index is 1.90. The van der Waals surface area contributed by atoms with Crippen molar-refractivity contribution in [3.8, 4) is 0 Å². The van der Waals surface area contributed by atoms with Gasteiger partial charge in [0.25, 0.3) is 0 Å². The molecule has 0 amide bonds. The fraction of sp³-hybridized carbons (Fsp3) is 0.538. The molecule has 0 radical (unpaired) electrons. The van der Waals surface area contributed by atoms with Crippen LogP contribution in [0.3, 0.4) is 0 Å². The second kappa shape index (κ2) is 3.95. The normalized spacial score (nSPS) is 18.1. The molecule has 96 valence electrons. The Bertz CT molecular complexity index is 568. The minimum atomic E-state index is -0.0224. The number of aromatic nitrogens is 3. The minimum absolute atomic E-state index is 0.0224. The predicted molar refractivity (Wildman–Crippen MR) is 71.8 cm³/mol. The Hall–Kier alpha value is -1.62. The number of nitrogens with zero attached hydrogens (tertiary/aromatic N) is 4. The zero-order valence-electron chi connectivity index (χ0n) is 10.9. The number of fused-ring (bicyclic) bond motifs is 1. The van der Waals surface area contributed by atoms with Gasteiger partial charge in [-0.15, -0.1) is 0 Å². The first kappa shape index (κ1) is 11.5. The second-order valence-electron chi connectivity index (χ2n) is 5.39. The van der Waals surface area contributed by atoms with Crippen LogP contribution in [0, 0.1) is 6.92 Å². The zero-order valence-corrected chi connectivity index (χ0v) is 10.9. The Kier molecular flexibility index (Phi) is 2.52. The van der Waals surface area contributed by atoms with Gasteiger partial charge in [0.1, 0.15) is 12.1 Å². The summed E-state index contributed by atoms with van der Waals surface area (Å²) in [7, 11) is 0. The lowest BCUT2D eigenvalue weighted by Gasteiger charge is -2.49. The van der Waals surface area contributed by atoms with Crippen LogP contribution < -0.4 is 10.6 Å². The number of anilines is 1. The van der Waals surface area contributed by atoms with E-state index in [0.29, 0.717) is 0 Å². The maximum absolute atomic E-state index is 6.31. The molecular weight excluding hydrogens is 226 g/mol. The number of hydrogen-bond donors (Lipinski definition) is 1.